The third-order valence-electron chi connectivity index (χ3n) is 5.00. The van der Waals surface area contributed by atoms with E-state index in [0.717, 1.165) is 19.3 Å². The monoisotopic (exact) mass is 253 g/mol. The molecular formula is C14H23NO3. The number of hydrogen-bond donors (Lipinski definition) is 1. The first-order valence-electron chi connectivity index (χ1n) is 6.90. The molecule has 1 N–H and O–H groups in total. The van der Waals surface area contributed by atoms with Gasteiger partial charge in [0, 0.05) is 19.0 Å². The van der Waals surface area contributed by atoms with Gasteiger partial charge in [-0.15, -0.1) is 0 Å². The van der Waals surface area contributed by atoms with Crippen LogP contribution in [0.2, 0.25) is 0 Å². The molecule has 102 valence electrons. The minimum atomic E-state index is -0.711. The molecule has 1 saturated carbocycles. The van der Waals surface area contributed by atoms with Gasteiger partial charge in [-0.25, -0.2) is 0 Å². The van der Waals surface area contributed by atoms with Crippen molar-refractivity contribution < 1.29 is 14.7 Å². The molecule has 2 aliphatic rings. The number of aliphatic carboxylic acids is 1. The van der Waals surface area contributed by atoms with Crippen molar-refractivity contribution in [3.8, 4) is 0 Å². The Morgan fingerprint density at radius 3 is 2.50 bits per heavy atom. The number of likely N-dealkylation sites (tertiary alicyclic amines) is 1. The van der Waals surface area contributed by atoms with Crippen molar-refractivity contribution in [1.82, 2.24) is 4.90 Å². The number of fused-ring (bicyclic) bond motifs is 1. The predicted molar refractivity (Wildman–Crippen MR) is 68.0 cm³/mol. The number of carboxylic acids is 1. The molecule has 1 saturated heterocycles. The maximum atomic E-state index is 12.3. The summed E-state index contributed by atoms with van der Waals surface area (Å²) < 4.78 is 0. The van der Waals surface area contributed by atoms with Gasteiger partial charge >= 0.3 is 5.97 Å². The Bertz CT molecular complexity index is 366. The maximum Gasteiger partial charge on any atom is 0.311 e. The van der Waals surface area contributed by atoms with E-state index in [9.17, 15) is 14.7 Å². The highest BCUT2D eigenvalue weighted by atomic mass is 16.4. The van der Waals surface area contributed by atoms with Gasteiger partial charge in [-0.3, -0.25) is 9.59 Å². The van der Waals surface area contributed by atoms with Crippen molar-refractivity contribution in [2.24, 2.45) is 23.2 Å². The zero-order chi connectivity index (χ0) is 13.5. The van der Waals surface area contributed by atoms with Gasteiger partial charge in [-0.1, -0.05) is 27.2 Å². The molecule has 0 aromatic rings. The van der Waals surface area contributed by atoms with Gasteiger partial charge in [0.1, 0.15) is 0 Å². The summed E-state index contributed by atoms with van der Waals surface area (Å²) in [5.41, 5.74) is -0.646. The Labute approximate surface area is 108 Å². The third-order valence-corrected chi connectivity index (χ3v) is 5.00. The summed E-state index contributed by atoms with van der Waals surface area (Å²) in [6, 6.07) is 0. The van der Waals surface area contributed by atoms with Gasteiger partial charge in [0.25, 0.3) is 0 Å². The van der Waals surface area contributed by atoms with Gasteiger partial charge < -0.3 is 10.0 Å². The van der Waals surface area contributed by atoms with E-state index < -0.39 is 11.4 Å². The highest BCUT2D eigenvalue weighted by molar-refractivity contribution is 5.82. The number of hydrogen-bond acceptors (Lipinski definition) is 2. The van der Waals surface area contributed by atoms with E-state index in [1.807, 2.05) is 20.8 Å². The van der Waals surface area contributed by atoms with Crippen LogP contribution in [0.3, 0.4) is 0 Å². The Hall–Kier alpha value is -1.06. The van der Waals surface area contributed by atoms with E-state index in [1.54, 1.807) is 4.90 Å². The van der Waals surface area contributed by atoms with Crippen LogP contribution in [0.25, 0.3) is 0 Å². The highest BCUT2D eigenvalue weighted by Crippen LogP contribution is 2.49. The molecule has 0 aromatic carbocycles. The summed E-state index contributed by atoms with van der Waals surface area (Å²) in [6.45, 7) is 7.07. The van der Waals surface area contributed by atoms with Gasteiger partial charge in [-0.05, 0) is 24.7 Å². The Kier molecular flexibility index (Phi) is 3.39. The largest absolute Gasteiger partial charge is 0.481 e. The highest BCUT2D eigenvalue weighted by Gasteiger charge is 2.56. The van der Waals surface area contributed by atoms with Crippen LogP contribution in [-0.2, 0) is 9.59 Å². The zero-order valence-electron chi connectivity index (χ0n) is 11.5. The number of rotatable bonds is 3. The molecule has 2 rings (SSSR count). The molecular weight excluding hydrogens is 230 g/mol. The molecule has 1 aliphatic carbocycles. The van der Waals surface area contributed by atoms with Crippen LogP contribution < -0.4 is 0 Å². The SMILES string of the molecule is CC(C)C(C)C(=O)N1C[C@@H]2CCC[C@@]2(C(=O)O)C1. The molecule has 4 nitrogen and oxygen atoms in total. The lowest BCUT2D eigenvalue weighted by Gasteiger charge is -2.26. The van der Waals surface area contributed by atoms with Gasteiger partial charge in [-0.2, -0.15) is 0 Å². The van der Waals surface area contributed by atoms with E-state index in [0.29, 0.717) is 19.0 Å². The first-order chi connectivity index (χ1) is 8.38. The van der Waals surface area contributed by atoms with Crippen molar-refractivity contribution in [3.05, 3.63) is 0 Å². The average Bonchev–Trinajstić information content (AvgIpc) is 2.83. The minimum Gasteiger partial charge on any atom is -0.481 e. The lowest BCUT2D eigenvalue weighted by molar-refractivity contribution is -0.149. The van der Waals surface area contributed by atoms with Crippen LogP contribution >= 0.6 is 0 Å². The van der Waals surface area contributed by atoms with Crippen molar-refractivity contribution in [2.45, 2.75) is 40.0 Å². The molecule has 1 aliphatic heterocycles. The topological polar surface area (TPSA) is 57.6 Å². The molecule has 0 spiro atoms. The summed E-state index contributed by atoms with van der Waals surface area (Å²) in [4.78, 5) is 25.6. The number of carbonyl (C=O) groups is 2. The normalized spacial score (nSPS) is 32.7. The quantitative estimate of drug-likeness (QED) is 0.837. The molecule has 0 aromatic heterocycles. The first-order valence-corrected chi connectivity index (χ1v) is 6.90. The molecule has 1 heterocycles. The fourth-order valence-corrected chi connectivity index (χ4v) is 3.38. The smallest absolute Gasteiger partial charge is 0.311 e. The van der Waals surface area contributed by atoms with Gasteiger partial charge in [0.05, 0.1) is 5.41 Å². The van der Waals surface area contributed by atoms with Crippen LogP contribution in [0, 0.1) is 23.2 Å². The Morgan fingerprint density at radius 2 is 2.00 bits per heavy atom. The summed E-state index contributed by atoms with van der Waals surface area (Å²) in [5, 5.41) is 9.48. The molecule has 4 heteroatoms. The lowest BCUT2D eigenvalue weighted by atomic mass is 9.81. The number of nitrogens with zero attached hydrogens (tertiary/aromatic N) is 1. The van der Waals surface area contributed by atoms with Crippen LogP contribution in [-0.4, -0.2) is 35.0 Å². The summed E-state index contributed by atoms with van der Waals surface area (Å²) >= 11 is 0. The van der Waals surface area contributed by atoms with Crippen molar-refractivity contribution >= 4 is 11.9 Å². The van der Waals surface area contributed by atoms with E-state index >= 15 is 0 Å². The van der Waals surface area contributed by atoms with Crippen molar-refractivity contribution in [2.75, 3.05) is 13.1 Å². The maximum absolute atomic E-state index is 12.3. The van der Waals surface area contributed by atoms with E-state index in [1.165, 1.54) is 0 Å². The number of carboxylic acid groups (broad SMARTS) is 1. The zero-order valence-corrected chi connectivity index (χ0v) is 11.5. The Morgan fingerprint density at radius 1 is 1.33 bits per heavy atom. The summed E-state index contributed by atoms with van der Waals surface area (Å²) in [6.07, 6.45) is 2.66. The standard InChI is InChI=1S/C14H23NO3/c1-9(2)10(3)12(16)15-7-11-5-4-6-14(11,8-15)13(17)18/h9-11H,4-8H2,1-3H3,(H,17,18)/t10?,11-,14+/m0/s1. The molecule has 1 amide bonds. The third kappa shape index (κ3) is 1.91. The molecule has 0 radical (unpaired) electrons. The second kappa shape index (κ2) is 4.56. The second-order valence-electron chi connectivity index (χ2n) is 6.30. The van der Waals surface area contributed by atoms with Gasteiger partial charge in [0.2, 0.25) is 5.91 Å². The second-order valence-corrected chi connectivity index (χ2v) is 6.30. The number of carbonyl (C=O) groups excluding carboxylic acids is 1. The van der Waals surface area contributed by atoms with Gasteiger partial charge in [0.15, 0.2) is 0 Å². The fraction of sp³-hybridized carbons (Fsp3) is 0.857. The Balaban J connectivity index is 2.12. The summed E-state index contributed by atoms with van der Waals surface area (Å²) in [7, 11) is 0. The van der Waals surface area contributed by atoms with Crippen molar-refractivity contribution in [1.29, 1.82) is 0 Å². The first kappa shape index (κ1) is 13.4. The van der Waals surface area contributed by atoms with E-state index in [4.69, 9.17) is 0 Å². The average molecular weight is 253 g/mol. The van der Waals surface area contributed by atoms with Crippen LogP contribution in [0.1, 0.15) is 40.0 Å². The molecule has 18 heavy (non-hydrogen) atoms. The van der Waals surface area contributed by atoms with Crippen molar-refractivity contribution in [3.63, 3.8) is 0 Å². The lowest BCUT2D eigenvalue weighted by Crippen LogP contribution is -2.39. The summed E-state index contributed by atoms with van der Waals surface area (Å²) in [5.74, 6) is -0.135. The molecule has 3 atom stereocenters. The van der Waals surface area contributed by atoms with E-state index in [-0.39, 0.29) is 17.7 Å². The number of amides is 1. The predicted octanol–water partition coefficient (Wildman–Crippen LogP) is 1.99. The molecule has 2 fully saturated rings. The van der Waals surface area contributed by atoms with E-state index in [2.05, 4.69) is 0 Å². The fourth-order valence-electron chi connectivity index (χ4n) is 3.38. The van der Waals surface area contributed by atoms with Crippen LogP contribution in [0.4, 0.5) is 0 Å². The minimum absolute atomic E-state index is 0.0188. The van der Waals surface area contributed by atoms with Crippen LogP contribution in [0.15, 0.2) is 0 Å². The molecule has 1 unspecified atom stereocenters. The van der Waals surface area contributed by atoms with Crippen LogP contribution in [0.5, 0.6) is 0 Å². The molecule has 0 bridgehead atoms.